The minimum Gasteiger partial charge on any atom is -0.480 e. The second-order valence-electron chi connectivity index (χ2n) is 4.04. The van der Waals surface area contributed by atoms with Crippen LogP contribution < -0.4 is 5.32 Å². The van der Waals surface area contributed by atoms with Crippen molar-refractivity contribution in [1.82, 2.24) is 5.32 Å². The Kier molecular flexibility index (Phi) is 5.25. The lowest BCUT2D eigenvalue weighted by Gasteiger charge is -2.16. The van der Waals surface area contributed by atoms with E-state index in [-0.39, 0.29) is 5.91 Å². The lowest BCUT2D eigenvalue weighted by atomic mass is 10.1. The highest BCUT2D eigenvalue weighted by Gasteiger charge is 2.27. The first kappa shape index (κ1) is 13.0. The van der Waals surface area contributed by atoms with Crippen molar-refractivity contribution in [2.75, 3.05) is 6.61 Å². The van der Waals surface area contributed by atoms with Gasteiger partial charge in [0.1, 0.15) is 12.1 Å². The molecule has 5 heteroatoms. The van der Waals surface area contributed by atoms with E-state index in [9.17, 15) is 9.59 Å². The van der Waals surface area contributed by atoms with Gasteiger partial charge in [-0.15, -0.1) is 0 Å². The molecule has 16 heavy (non-hydrogen) atoms. The zero-order valence-electron chi connectivity index (χ0n) is 9.57. The van der Waals surface area contributed by atoms with E-state index >= 15 is 0 Å². The largest absolute Gasteiger partial charge is 0.480 e. The van der Waals surface area contributed by atoms with Crippen LogP contribution in [0.2, 0.25) is 0 Å². The summed E-state index contributed by atoms with van der Waals surface area (Å²) in [6.45, 7) is 2.57. The molecule has 5 nitrogen and oxygen atoms in total. The molecule has 1 amide bonds. The first-order valence-electron chi connectivity index (χ1n) is 5.80. The van der Waals surface area contributed by atoms with Gasteiger partial charge in [0.15, 0.2) is 0 Å². The number of nitrogens with one attached hydrogen (secondary N) is 1. The highest BCUT2D eigenvalue weighted by atomic mass is 16.5. The molecule has 0 spiro atoms. The number of carboxylic acid groups (broad SMARTS) is 1. The van der Waals surface area contributed by atoms with E-state index in [1.54, 1.807) is 0 Å². The maximum Gasteiger partial charge on any atom is 0.326 e. The van der Waals surface area contributed by atoms with Crippen LogP contribution in [0.1, 0.15) is 39.0 Å². The molecule has 1 heterocycles. The van der Waals surface area contributed by atoms with Crippen molar-refractivity contribution in [3.8, 4) is 0 Å². The summed E-state index contributed by atoms with van der Waals surface area (Å²) in [6, 6.07) is -0.781. The number of carbonyl (C=O) groups excluding carboxylic acids is 1. The average molecular weight is 229 g/mol. The van der Waals surface area contributed by atoms with Crippen LogP contribution >= 0.6 is 0 Å². The van der Waals surface area contributed by atoms with Crippen molar-refractivity contribution < 1.29 is 19.4 Å². The van der Waals surface area contributed by atoms with Crippen molar-refractivity contribution >= 4 is 11.9 Å². The normalized spacial score (nSPS) is 21.7. The molecule has 1 aliphatic rings. The molecule has 1 aliphatic heterocycles. The molecular weight excluding hydrogens is 210 g/mol. The second kappa shape index (κ2) is 6.48. The first-order chi connectivity index (χ1) is 7.65. The summed E-state index contributed by atoms with van der Waals surface area (Å²) in [5.41, 5.74) is 0. The first-order valence-corrected chi connectivity index (χ1v) is 5.80. The Morgan fingerprint density at radius 2 is 2.31 bits per heavy atom. The van der Waals surface area contributed by atoms with E-state index < -0.39 is 18.1 Å². The smallest absolute Gasteiger partial charge is 0.326 e. The molecular formula is C11H19NO4. The van der Waals surface area contributed by atoms with Crippen LogP contribution in [-0.2, 0) is 14.3 Å². The highest BCUT2D eigenvalue weighted by molar-refractivity contribution is 5.86. The van der Waals surface area contributed by atoms with E-state index in [2.05, 4.69) is 5.32 Å². The summed E-state index contributed by atoms with van der Waals surface area (Å²) in [4.78, 5) is 22.5. The Bertz CT molecular complexity index is 248. The monoisotopic (exact) mass is 229 g/mol. The van der Waals surface area contributed by atoms with Gasteiger partial charge in [-0.3, -0.25) is 4.79 Å². The fourth-order valence-corrected chi connectivity index (χ4v) is 1.71. The molecule has 0 saturated carbocycles. The predicted molar refractivity (Wildman–Crippen MR) is 58.1 cm³/mol. The van der Waals surface area contributed by atoms with Crippen molar-refractivity contribution in [3.05, 3.63) is 0 Å². The van der Waals surface area contributed by atoms with Crippen LogP contribution in [0.15, 0.2) is 0 Å². The van der Waals surface area contributed by atoms with Crippen molar-refractivity contribution in [1.29, 1.82) is 0 Å². The number of aliphatic carboxylic acids is 1. The number of unbranched alkanes of at least 4 members (excludes halogenated alkanes) is 1. The zero-order chi connectivity index (χ0) is 12.0. The molecule has 0 bridgehead atoms. The minimum atomic E-state index is -0.972. The van der Waals surface area contributed by atoms with Gasteiger partial charge in [0.25, 0.3) is 0 Å². The standard InChI is InChI=1S/C11H19NO4/c1-2-3-5-8(11(14)15)12-10(13)9-6-4-7-16-9/h8-9H,2-7H2,1H3,(H,12,13)(H,14,15)/t8-,9?/m0/s1. The summed E-state index contributed by atoms with van der Waals surface area (Å²) < 4.78 is 5.19. The van der Waals surface area contributed by atoms with Gasteiger partial charge in [0.05, 0.1) is 0 Å². The van der Waals surface area contributed by atoms with E-state index in [4.69, 9.17) is 9.84 Å². The third-order valence-electron chi connectivity index (χ3n) is 2.68. The molecule has 1 saturated heterocycles. The molecule has 0 aromatic heterocycles. The average Bonchev–Trinajstić information content (AvgIpc) is 2.76. The Balaban J connectivity index is 2.40. The molecule has 1 unspecified atom stereocenters. The van der Waals surface area contributed by atoms with Crippen LogP contribution in [0.4, 0.5) is 0 Å². The molecule has 0 radical (unpaired) electrons. The quantitative estimate of drug-likeness (QED) is 0.710. The van der Waals surface area contributed by atoms with E-state index in [0.29, 0.717) is 19.4 Å². The van der Waals surface area contributed by atoms with Crippen molar-refractivity contribution in [3.63, 3.8) is 0 Å². The van der Waals surface area contributed by atoms with Crippen LogP contribution in [0.3, 0.4) is 0 Å². The fraction of sp³-hybridized carbons (Fsp3) is 0.818. The fourth-order valence-electron chi connectivity index (χ4n) is 1.71. The molecule has 2 N–H and O–H groups in total. The summed E-state index contributed by atoms with van der Waals surface area (Å²) >= 11 is 0. The number of amides is 1. The molecule has 92 valence electrons. The number of ether oxygens (including phenoxy) is 1. The highest BCUT2D eigenvalue weighted by Crippen LogP contribution is 2.12. The van der Waals surface area contributed by atoms with Gasteiger partial charge >= 0.3 is 5.97 Å². The Morgan fingerprint density at radius 3 is 2.81 bits per heavy atom. The minimum absolute atomic E-state index is 0.291. The van der Waals surface area contributed by atoms with Gasteiger partial charge in [-0.25, -0.2) is 4.79 Å². The number of carbonyl (C=O) groups is 2. The lowest BCUT2D eigenvalue weighted by molar-refractivity contribution is -0.143. The maximum absolute atomic E-state index is 11.6. The maximum atomic E-state index is 11.6. The van der Waals surface area contributed by atoms with Gasteiger partial charge in [-0.05, 0) is 19.3 Å². The van der Waals surface area contributed by atoms with Crippen LogP contribution in [0, 0.1) is 0 Å². The topological polar surface area (TPSA) is 75.6 Å². The van der Waals surface area contributed by atoms with Crippen molar-refractivity contribution in [2.45, 2.75) is 51.2 Å². The number of carboxylic acids is 1. The van der Waals surface area contributed by atoms with Crippen molar-refractivity contribution in [2.24, 2.45) is 0 Å². The van der Waals surface area contributed by atoms with Crippen LogP contribution in [0.5, 0.6) is 0 Å². The number of hydrogen-bond donors (Lipinski definition) is 2. The molecule has 0 aliphatic carbocycles. The summed E-state index contributed by atoms with van der Waals surface area (Å²) in [5, 5.41) is 11.5. The van der Waals surface area contributed by atoms with E-state index in [0.717, 1.165) is 19.3 Å². The predicted octanol–water partition coefficient (Wildman–Crippen LogP) is 0.925. The second-order valence-corrected chi connectivity index (χ2v) is 4.04. The van der Waals surface area contributed by atoms with Gasteiger partial charge in [0.2, 0.25) is 5.91 Å². The number of rotatable bonds is 6. The van der Waals surface area contributed by atoms with Gasteiger partial charge in [0, 0.05) is 6.61 Å². The van der Waals surface area contributed by atoms with E-state index in [1.165, 1.54) is 0 Å². The molecule has 0 aromatic rings. The third kappa shape index (κ3) is 3.81. The molecule has 0 aromatic carbocycles. The van der Waals surface area contributed by atoms with Gasteiger partial charge in [-0.2, -0.15) is 0 Å². The molecule has 2 atom stereocenters. The SMILES string of the molecule is CCCC[C@H](NC(=O)C1CCCO1)C(=O)O. The Labute approximate surface area is 95.2 Å². The summed E-state index contributed by atoms with van der Waals surface area (Å²) in [6.07, 6.45) is 3.28. The summed E-state index contributed by atoms with van der Waals surface area (Å²) in [7, 11) is 0. The Morgan fingerprint density at radius 1 is 1.56 bits per heavy atom. The zero-order valence-corrected chi connectivity index (χ0v) is 9.57. The lowest BCUT2D eigenvalue weighted by Crippen LogP contribution is -2.45. The summed E-state index contributed by atoms with van der Waals surface area (Å²) in [5.74, 6) is -1.26. The van der Waals surface area contributed by atoms with Crippen LogP contribution in [-0.4, -0.2) is 35.7 Å². The van der Waals surface area contributed by atoms with Gasteiger partial charge in [-0.1, -0.05) is 19.8 Å². The third-order valence-corrected chi connectivity index (χ3v) is 2.68. The van der Waals surface area contributed by atoms with E-state index in [1.807, 2.05) is 6.92 Å². The molecule has 1 fully saturated rings. The Hall–Kier alpha value is -1.10. The van der Waals surface area contributed by atoms with Crippen LogP contribution in [0.25, 0.3) is 0 Å². The molecule has 1 rings (SSSR count). The number of hydrogen-bond acceptors (Lipinski definition) is 3. The van der Waals surface area contributed by atoms with Gasteiger partial charge < -0.3 is 15.2 Å².